The molecule has 9 rings (SSSR count). The Morgan fingerprint density at radius 3 is 2.11 bits per heavy atom. The van der Waals surface area contributed by atoms with E-state index in [0.717, 1.165) is 87.0 Å². The van der Waals surface area contributed by atoms with Gasteiger partial charge in [-0.25, -0.2) is 4.98 Å². The monoisotopic (exact) mass is 734 g/mol. The molecule has 55 heavy (non-hydrogen) atoms. The predicted octanol–water partition coefficient (Wildman–Crippen LogP) is 14.4. The van der Waals surface area contributed by atoms with Gasteiger partial charge in [-0.15, -0.1) is 11.3 Å². The van der Waals surface area contributed by atoms with E-state index in [1.54, 1.807) is 23.6 Å². The van der Waals surface area contributed by atoms with Crippen molar-refractivity contribution in [2.24, 2.45) is 4.99 Å². The molecule has 7 aromatic carbocycles. The molecule has 0 spiro atoms. The molecule has 0 aliphatic rings. The van der Waals surface area contributed by atoms with E-state index in [-0.39, 0.29) is 16.6 Å². The van der Waals surface area contributed by atoms with Gasteiger partial charge in [-0.05, 0) is 80.9 Å². The summed E-state index contributed by atoms with van der Waals surface area (Å²) in [4.78, 5) is 10.6. The third kappa shape index (κ3) is 6.19. The molecule has 0 aliphatic carbocycles. The summed E-state index contributed by atoms with van der Waals surface area (Å²) >= 11 is 1.69. The summed E-state index contributed by atoms with van der Waals surface area (Å²) in [6.45, 7) is 13.3. The lowest BCUT2D eigenvalue weighted by atomic mass is 9.84. The maximum Gasteiger partial charge on any atom is 0.143 e. The van der Waals surface area contributed by atoms with Crippen molar-refractivity contribution in [1.29, 1.82) is 0 Å². The Hall–Kier alpha value is -6.04. The first kappa shape index (κ1) is 34.7. The zero-order valence-electron chi connectivity index (χ0n) is 31.9. The molecule has 0 saturated heterocycles. The predicted molar refractivity (Wildman–Crippen MR) is 233 cm³/mol. The van der Waals surface area contributed by atoms with Gasteiger partial charge in [0.05, 0.1) is 15.9 Å². The number of hydrogen-bond acceptors (Lipinski definition) is 5. The van der Waals surface area contributed by atoms with Crippen molar-refractivity contribution in [3.63, 3.8) is 0 Å². The summed E-state index contributed by atoms with van der Waals surface area (Å²) in [7, 11) is 0. The van der Waals surface area contributed by atoms with Crippen LogP contribution in [0.25, 0.3) is 75.8 Å². The van der Waals surface area contributed by atoms with E-state index in [2.05, 4.69) is 139 Å². The minimum Gasteiger partial charge on any atom is -0.507 e. The first-order valence-corrected chi connectivity index (χ1v) is 19.6. The number of fused-ring (bicyclic) bond motifs is 5. The highest BCUT2D eigenvalue weighted by atomic mass is 32.1. The first-order chi connectivity index (χ1) is 26.4. The van der Waals surface area contributed by atoms with Crippen LogP contribution >= 0.6 is 11.3 Å². The second kappa shape index (κ2) is 13.1. The van der Waals surface area contributed by atoms with Crippen LogP contribution in [-0.2, 0) is 10.8 Å². The van der Waals surface area contributed by atoms with Crippen LogP contribution in [0.5, 0.6) is 5.75 Å². The molecule has 0 saturated carbocycles. The molecule has 0 radical (unpaired) electrons. The second-order valence-corrected chi connectivity index (χ2v) is 17.5. The van der Waals surface area contributed by atoms with Gasteiger partial charge < -0.3 is 9.52 Å². The highest BCUT2D eigenvalue weighted by molar-refractivity contribution is 7.21. The summed E-state index contributed by atoms with van der Waals surface area (Å²) in [5.74, 6) is 0.202. The third-order valence-electron chi connectivity index (χ3n) is 10.6. The number of phenols is 1. The lowest BCUT2D eigenvalue weighted by molar-refractivity contribution is 0.473. The third-order valence-corrected chi connectivity index (χ3v) is 11.7. The minimum atomic E-state index is -0.105. The van der Waals surface area contributed by atoms with Crippen molar-refractivity contribution in [1.82, 2.24) is 4.98 Å². The van der Waals surface area contributed by atoms with Crippen molar-refractivity contribution in [2.45, 2.75) is 52.4 Å². The van der Waals surface area contributed by atoms with Gasteiger partial charge >= 0.3 is 0 Å². The van der Waals surface area contributed by atoms with E-state index in [1.165, 1.54) is 5.56 Å². The zero-order chi connectivity index (χ0) is 38.1. The second-order valence-electron chi connectivity index (χ2n) is 16.4. The zero-order valence-corrected chi connectivity index (χ0v) is 32.8. The minimum absolute atomic E-state index is 0.0681. The van der Waals surface area contributed by atoms with Crippen molar-refractivity contribution >= 4 is 66.2 Å². The van der Waals surface area contributed by atoms with Crippen molar-refractivity contribution in [3.8, 4) is 38.6 Å². The van der Waals surface area contributed by atoms with E-state index >= 15 is 0 Å². The molecule has 270 valence electrons. The lowest BCUT2D eigenvalue weighted by Gasteiger charge is -2.20. The van der Waals surface area contributed by atoms with Gasteiger partial charge in [0, 0.05) is 44.6 Å². The maximum absolute atomic E-state index is 10.9. The first-order valence-electron chi connectivity index (χ1n) is 18.8. The fourth-order valence-electron chi connectivity index (χ4n) is 7.51. The van der Waals surface area contributed by atoms with Crippen molar-refractivity contribution < 1.29 is 9.52 Å². The van der Waals surface area contributed by atoms with E-state index in [9.17, 15) is 5.11 Å². The van der Waals surface area contributed by atoms with Gasteiger partial charge in [0.15, 0.2) is 0 Å². The average molecular weight is 735 g/mol. The Labute approximate surface area is 325 Å². The number of thiazole rings is 1. The molecular weight excluding hydrogens is 693 g/mol. The highest BCUT2D eigenvalue weighted by Gasteiger charge is 2.24. The van der Waals surface area contributed by atoms with Gasteiger partial charge in [-0.2, -0.15) is 0 Å². The van der Waals surface area contributed by atoms with Crippen LogP contribution in [0.15, 0.2) is 143 Å². The SMILES string of the molecule is CC(C)(C)c1ccc(O)c(C=Nc2c(-c3nc4c(-c5ccc(-c6ccccc6)c6c5oc5ccccc56)cc(C(C)(C)C)cc4s3)ccc3ccccc23)c1. The summed E-state index contributed by atoms with van der Waals surface area (Å²) in [5, 5.41) is 16.1. The maximum atomic E-state index is 10.9. The molecule has 0 fully saturated rings. The van der Waals surface area contributed by atoms with Gasteiger partial charge in [0.1, 0.15) is 21.9 Å². The summed E-state index contributed by atoms with van der Waals surface area (Å²) in [6, 6.07) is 46.3. The summed E-state index contributed by atoms with van der Waals surface area (Å²) < 4.78 is 7.89. The molecule has 2 heterocycles. The quantitative estimate of drug-likeness (QED) is 0.179. The Balaban J connectivity index is 1.28. The molecule has 1 N–H and O–H groups in total. The smallest absolute Gasteiger partial charge is 0.143 e. The molecule has 0 atom stereocenters. The number of phenolic OH excluding ortho intramolecular Hbond substituents is 1. The van der Waals surface area contributed by atoms with Crippen molar-refractivity contribution in [3.05, 3.63) is 150 Å². The van der Waals surface area contributed by atoms with Crippen LogP contribution in [0.2, 0.25) is 0 Å². The number of aromatic hydroxyl groups is 1. The van der Waals surface area contributed by atoms with E-state index < -0.39 is 0 Å². The molecule has 0 aliphatic heterocycles. The van der Waals surface area contributed by atoms with Gasteiger partial charge in [0.25, 0.3) is 0 Å². The van der Waals surface area contributed by atoms with Gasteiger partial charge in [-0.1, -0.05) is 133 Å². The largest absolute Gasteiger partial charge is 0.507 e. The van der Waals surface area contributed by atoms with Crippen molar-refractivity contribution in [2.75, 3.05) is 0 Å². The van der Waals surface area contributed by atoms with Crippen LogP contribution in [0.3, 0.4) is 0 Å². The fraction of sp³-hybridized carbons (Fsp3) is 0.160. The van der Waals surface area contributed by atoms with Crippen LogP contribution in [0, 0.1) is 0 Å². The molecule has 0 unspecified atom stereocenters. The number of aliphatic imine (C=N–C) groups is 1. The van der Waals surface area contributed by atoms with Crippen LogP contribution < -0.4 is 0 Å². The van der Waals surface area contributed by atoms with Crippen LogP contribution in [0.1, 0.15) is 58.2 Å². The van der Waals surface area contributed by atoms with Crippen LogP contribution in [0.4, 0.5) is 5.69 Å². The van der Waals surface area contributed by atoms with E-state index in [0.29, 0.717) is 5.56 Å². The number of nitrogens with zero attached hydrogens (tertiary/aromatic N) is 2. The van der Waals surface area contributed by atoms with Gasteiger partial charge in [-0.3, -0.25) is 4.99 Å². The number of aromatic nitrogens is 1. The summed E-state index contributed by atoms with van der Waals surface area (Å²) in [6.07, 6.45) is 1.79. The molecule has 4 nitrogen and oxygen atoms in total. The number of furan rings is 1. The standard InChI is InChI=1S/C50H42N2O2S/c1-49(2,3)33-21-25-41(53)32(26-33)29-51-45-36-17-11-10-16-31(36)20-22-39(45)48-52-46-40(27-34(50(4,5)6)28-43(46)55-48)37-24-23-35(30-14-8-7-9-15-30)44-38-18-12-13-19-42(38)54-47(37)44/h7-29,53H,1-6H3. The molecule has 5 heteroatoms. The Morgan fingerprint density at radius 2 is 1.33 bits per heavy atom. The number of hydrogen-bond donors (Lipinski definition) is 1. The van der Waals surface area contributed by atoms with E-state index in [1.807, 2.05) is 30.3 Å². The Kier molecular flexibility index (Phi) is 8.25. The molecule has 0 amide bonds. The molecule has 9 aromatic rings. The molecule has 0 bridgehead atoms. The molecular formula is C50H42N2O2S. The normalized spacial score (nSPS) is 12.5. The Bertz CT molecular complexity index is 2950. The van der Waals surface area contributed by atoms with E-state index in [4.69, 9.17) is 14.4 Å². The summed E-state index contributed by atoms with van der Waals surface area (Å²) in [5.41, 5.74) is 11.6. The topological polar surface area (TPSA) is 58.6 Å². The number of rotatable bonds is 5. The van der Waals surface area contributed by atoms with Crippen LogP contribution in [-0.4, -0.2) is 16.3 Å². The number of para-hydroxylation sites is 1. The number of benzene rings is 7. The average Bonchev–Trinajstić information content (AvgIpc) is 3.79. The fourth-order valence-corrected chi connectivity index (χ4v) is 8.56. The Morgan fingerprint density at radius 1 is 0.636 bits per heavy atom. The highest BCUT2D eigenvalue weighted by Crippen LogP contribution is 2.47. The molecule has 2 aromatic heterocycles. The lowest BCUT2D eigenvalue weighted by Crippen LogP contribution is -2.11. The van der Waals surface area contributed by atoms with Gasteiger partial charge in [0.2, 0.25) is 0 Å².